The third-order valence-electron chi connectivity index (χ3n) is 4.21. The Hall–Kier alpha value is -2.70. The Balaban J connectivity index is 1.87. The minimum absolute atomic E-state index is 0.602. The zero-order valence-electron chi connectivity index (χ0n) is 14.5. The SMILES string of the molecule is CCc1ccc(/C=C(/C#N)c2nc(-c3ccc(CC)cc3)cs2)cc1. The van der Waals surface area contributed by atoms with Crippen LogP contribution in [-0.4, -0.2) is 4.98 Å². The first-order chi connectivity index (χ1) is 12.2. The number of aryl methyl sites for hydroxylation is 2. The molecule has 0 unspecified atom stereocenters. The maximum atomic E-state index is 9.54. The summed E-state index contributed by atoms with van der Waals surface area (Å²) in [6.07, 6.45) is 3.95. The molecule has 1 aromatic heterocycles. The van der Waals surface area contributed by atoms with Crippen molar-refractivity contribution in [1.29, 1.82) is 5.26 Å². The molecule has 0 fully saturated rings. The molecule has 3 aromatic rings. The number of benzene rings is 2. The number of hydrogen-bond acceptors (Lipinski definition) is 3. The van der Waals surface area contributed by atoms with E-state index >= 15 is 0 Å². The van der Waals surface area contributed by atoms with E-state index in [4.69, 9.17) is 0 Å². The zero-order chi connectivity index (χ0) is 17.6. The van der Waals surface area contributed by atoms with Crippen LogP contribution in [0.2, 0.25) is 0 Å². The Bertz CT molecular complexity index is 910. The highest BCUT2D eigenvalue weighted by Gasteiger charge is 2.09. The van der Waals surface area contributed by atoms with Gasteiger partial charge in [0, 0.05) is 10.9 Å². The van der Waals surface area contributed by atoms with E-state index in [9.17, 15) is 5.26 Å². The Morgan fingerprint density at radius 2 is 1.60 bits per heavy atom. The van der Waals surface area contributed by atoms with E-state index in [1.807, 2.05) is 23.6 Å². The number of aromatic nitrogens is 1. The molecule has 0 saturated carbocycles. The Labute approximate surface area is 153 Å². The summed E-state index contributed by atoms with van der Waals surface area (Å²) >= 11 is 1.51. The van der Waals surface area contributed by atoms with Crippen LogP contribution >= 0.6 is 11.3 Å². The number of nitrogens with zero attached hydrogens (tertiary/aromatic N) is 2. The molecule has 0 N–H and O–H groups in total. The Morgan fingerprint density at radius 3 is 2.16 bits per heavy atom. The molecule has 2 nitrogen and oxygen atoms in total. The third-order valence-corrected chi connectivity index (χ3v) is 5.09. The standard InChI is InChI=1S/C22H20N2S/c1-3-16-5-7-18(8-6-16)13-20(14-23)22-24-21(15-25-22)19-11-9-17(4-2)10-12-19/h5-13,15H,3-4H2,1-2H3/b20-13-. The number of thiazole rings is 1. The molecule has 1 heterocycles. The van der Waals surface area contributed by atoms with Crippen LogP contribution in [0.5, 0.6) is 0 Å². The van der Waals surface area contributed by atoms with Crippen LogP contribution in [0.3, 0.4) is 0 Å². The van der Waals surface area contributed by atoms with Gasteiger partial charge in [0.15, 0.2) is 0 Å². The van der Waals surface area contributed by atoms with Gasteiger partial charge in [-0.1, -0.05) is 62.4 Å². The predicted octanol–water partition coefficient (Wildman–Crippen LogP) is 6.00. The monoisotopic (exact) mass is 344 g/mol. The largest absolute Gasteiger partial charge is 0.235 e. The van der Waals surface area contributed by atoms with Gasteiger partial charge in [-0.2, -0.15) is 5.26 Å². The van der Waals surface area contributed by atoms with Crippen molar-refractivity contribution in [3.63, 3.8) is 0 Å². The molecule has 0 spiro atoms. The van der Waals surface area contributed by atoms with Crippen LogP contribution in [0.4, 0.5) is 0 Å². The molecule has 0 bridgehead atoms. The fourth-order valence-electron chi connectivity index (χ4n) is 2.60. The molecule has 0 aliphatic heterocycles. The summed E-state index contributed by atoms with van der Waals surface area (Å²) in [6.45, 7) is 4.28. The molecule has 0 radical (unpaired) electrons. The first-order valence-corrected chi connectivity index (χ1v) is 9.37. The lowest BCUT2D eigenvalue weighted by molar-refractivity contribution is 1.14. The van der Waals surface area contributed by atoms with Crippen LogP contribution < -0.4 is 0 Å². The van der Waals surface area contributed by atoms with E-state index in [0.717, 1.165) is 34.7 Å². The molecule has 0 aliphatic carbocycles. The maximum absolute atomic E-state index is 9.54. The van der Waals surface area contributed by atoms with Gasteiger partial charge in [0.05, 0.1) is 11.3 Å². The molecular formula is C22H20N2S. The fourth-order valence-corrected chi connectivity index (χ4v) is 3.39. The lowest BCUT2D eigenvalue weighted by atomic mass is 10.1. The molecular weight excluding hydrogens is 324 g/mol. The summed E-state index contributed by atoms with van der Waals surface area (Å²) in [5.41, 5.74) is 6.24. The van der Waals surface area contributed by atoms with Crippen molar-refractivity contribution < 1.29 is 0 Å². The molecule has 3 rings (SSSR count). The van der Waals surface area contributed by atoms with Crippen LogP contribution in [0, 0.1) is 11.3 Å². The summed E-state index contributed by atoms with van der Waals surface area (Å²) in [4.78, 5) is 4.66. The topological polar surface area (TPSA) is 36.7 Å². The highest BCUT2D eigenvalue weighted by molar-refractivity contribution is 7.11. The van der Waals surface area contributed by atoms with Crippen molar-refractivity contribution in [2.75, 3.05) is 0 Å². The molecule has 124 valence electrons. The van der Waals surface area contributed by atoms with Gasteiger partial charge >= 0.3 is 0 Å². The van der Waals surface area contributed by atoms with E-state index in [1.54, 1.807) is 0 Å². The lowest BCUT2D eigenvalue weighted by Gasteiger charge is -2.00. The zero-order valence-corrected chi connectivity index (χ0v) is 15.3. The average molecular weight is 344 g/mol. The van der Waals surface area contributed by atoms with Crippen molar-refractivity contribution in [3.8, 4) is 17.3 Å². The van der Waals surface area contributed by atoms with Crippen molar-refractivity contribution in [2.45, 2.75) is 26.7 Å². The number of hydrogen-bond donors (Lipinski definition) is 0. The Kier molecular flexibility index (Phi) is 5.42. The van der Waals surface area contributed by atoms with E-state index in [0.29, 0.717) is 5.57 Å². The molecule has 3 heteroatoms. The van der Waals surface area contributed by atoms with Crippen molar-refractivity contribution in [3.05, 3.63) is 75.6 Å². The molecule has 0 aliphatic rings. The average Bonchev–Trinajstić information content (AvgIpc) is 3.16. The summed E-state index contributed by atoms with van der Waals surface area (Å²) in [7, 11) is 0. The van der Waals surface area contributed by atoms with Crippen LogP contribution in [0.1, 0.15) is 35.5 Å². The van der Waals surface area contributed by atoms with Gasteiger partial charge in [-0.05, 0) is 35.6 Å². The van der Waals surface area contributed by atoms with E-state index in [1.165, 1.54) is 22.5 Å². The Morgan fingerprint density at radius 1 is 1.00 bits per heavy atom. The second-order valence-corrected chi connectivity index (χ2v) is 6.71. The van der Waals surface area contributed by atoms with Crippen molar-refractivity contribution in [1.82, 2.24) is 4.98 Å². The minimum atomic E-state index is 0.602. The van der Waals surface area contributed by atoms with Gasteiger partial charge in [0.25, 0.3) is 0 Å². The number of rotatable bonds is 5. The lowest BCUT2D eigenvalue weighted by Crippen LogP contribution is -1.85. The van der Waals surface area contributed by atoms with Crippen LogP contribution in [0.15, 0.2) is 53.9 Å². The van der Waals surface area contributed by atoms with Gasteiger partial charge in [-0.3, -0.25) is 0 Å². The maximum Gasteiger partial charge on any atom is 0.134 e. The smallest absolute Gasteiger partial charge is 0.134 e. The molecule has 0 amide bonds. The minimum Gasteiger partial charge on any atom is -0.235 e. The van der Waals surface area contributed by atoms with Crippen molar-refractivity contribution >= 4 is 23.0 Å². The van der Waals surface area contributed by atoms with Gasteiger partial charge in [-0.15, -0.1) is 11.3 Å². The highest BCUT2D eigenvalue weighted by atomic mass is 32.1. The van der Waals surface area contributed by atoms with Crippen LogP contribution in [-0.2, 0) is 12.8 Å². The summed E-state index contributed by atoms with van der Waals surface area (Å²) in [5.74, 6) is 0. The molecule has 0 saturated heterocycles. The van der Waals surface area contributed by atoms with Gasteiger partial charge in [0.1, 0.15) is 11.1 Å². The first kappa shape index (κ1) is 17.1. The van der Waals surface area contributed by atoms with Crippen LogP contribution in [0.25, 0.3) is 22.9 Å². The second-order valence-electron chi connectivity index (χ2n) is 5.85. The van der Waals surface area contributed by atoms with E-state index in [-0.39, 0.29) is 0 Å². The van der Waals surface area contributed by atoms with Crippen molar-refractivity contribution in [2.24, 2.45) is 0 Å². The molecule has 0 atom stereocenters. The quantitative estimate of drug-likeness (QED) is 0.532. The number of nitriles is 1. The summed E-state index contributed by atoms with van der Waals surface area (Å²) in [6, 6.07) is 19.0. The number of allylic oxidation sites excluding steroid dienone is 1. The fraction of sp³-hybridized carbons (Fsp3) is 0.182. The molecule has 25 heavy (non-hydrogen) atoms. The van der Waals surface area contributed by atoms with Gasteiger partial charge < -0.3 is 0 Å². The third kappa shape index (κ3) is 4.04. The highest BCUT2D eigenvalue weighted by Crippen LogP contribution is 2.27. The first-order valence-electron chi connectivity index (χ1n) is 8.49. The normalized spacial score (nSPS) is 11.3. The summed E-state index contributed by atoms with van der Waals surface area (Å²) < 4.78 is 0. The van der Waals surface area contributed by atoms with Gasteiger partial charge in [0.2, 0.25) is 0 Å². The molecule has 2 aromatic carbocycles. The predicted molar refractivity (Wildman–Crippen MR) is 106 cm³/mol. The summed E-state index contributed by atoms with van der Waals surface area (Å²) in [5, 5.41) is 12.3. The van der Waals surface area contributed by atoms with E-state index < -0.39 is 0 Å². The second kappa shape index (κ2) is 7.92. The van der Waals surface area contributed by atoms with E-state index in [2.05, 4.69) is 61.3 Å². The van der Waals surface area contributed by atoms with Gasteiger partial charge in [-0.25, -0.2) is 4.98 Å².